The van der Waals surface area contributed by atoms with Gasteiger partial charge < -0.3 is 0 Å². The van der Waals surface area contributed by atoms with E-state index >= 15 is 0 Å². The molecular formula is C9H6ClIS2. The molecule has 0 atom stereocenters. The van der Waals surface area contributed by atoms with E-state index in [0.29, 0.717) is 0 Å². The fourth-order valence-electron chi connectivity index (χ4n) is 1.22. The third kappa shape index (κ3) is 1.71. The summed E-state index contributed by atoms with van der Waals surface area (Å²) < 4.78 is 2.50. The van der Waals surface area contributed by atoms with Crippen molar-refractivity contribution in [1.29, 1.82) is 0 Å². The second kappa shape index (κ2) is 3.96. The van der Waals surface area contributed by atoms with Gasteiger partial charge in [-0.15, -0.1) is 23.1 Å². The van der Waals surface area contributed by atoms with Gasteiger partial charge in [-0.3, -0.25) is 0 Å². The number of thioether (sulfide) groups is 1. The minimum atomic E-state index is 0.862. The van der Waals surface area contributed by atoms with E-state index in [2.05, 4.69) is 40.3 Å². The lowest BCUT2D eigenvalue weighted by Gasteiger charge is -2.00. The number of fused-ring (bicyclic) bond motifs is 1. The van der Waals surface area contributed by atoms with Crippen LogP contribution in [0.1, 0.15) is 0 Å². The zero-order valence-electron chi connectivity index (χ0n) is 6.80. The van der Waals surface area contributed by atoms with Crippen LogP contribution in [-0.2, 0) is 0 Å². The van der Waals surface area contributed by atoms with Crippen molar-refractivity contribution in [3.63, 3.8) is 0 Å². The highest BCUT2D eigenvalue weighted by atomic mass is 127. The molecular weight excluding hydrogens is 335 g/mol. The SMILES string of the molecule is CSc1ccc(Cl)c2scc(I)c12. The van der Waals surface area contributed by atoms with E-state index in [0.717, 1.165) is 5.02 Å². The van der Waals surface area contributed by atoms with Crippen LogP contribution in [0.15, 0.2) is 22.4 Å². The summed E-state index contributed by atoms with van der Waals surface area (Å²) in [6, 6.07) is 4.06. The van der Waals surface area contributed by atoms with Crippen LogP contribution in [0.2, 0.25) is 5.02 Å². The highest BCUT2D eigenvalue weighted by Gasteiger charge is 2.09. The van der Waals surface area contributed by atoms with Crippen LogP contribution in [0, 0.1) is 3.57 Å². The number of rotatable bonds is 1. The molecule has 0 aliphatic heterocycles. The first-order valence-corrected chi connectivity index (χ1v) is 7.19. The lowest BCUT2D eigenvalue weighted by Crippen LogP contribution is -1.74. The molecule has 2 aromatic rings. The highest BCUT2D eigenvalue weighted by Crippen LogP contribution is 2.38. The maximum atomic E-state index is 6.10. The van der Waals surface area contributed by atoms with Crippen molar-refractivity contribution in [3.8, 4) is 0 Å². The summed E-state index contributed by atoms with van der Waals surface area (Å²) in [6.07, 6.45) is 2.09. The Hall–Kier alpha value is 0.550. The van der Waals surface area contributed by atoms with E-state index < -0.39 is 0 Å². The first kappa shape index (κ1) is 10.1. The van der Waals surface area contributed by atoms with E-state index in [9.17, 15) is 0 Å². The molecule has 0 fully saturated rings. The summed E-state index contributed by atoms with van der Waals surface area (Å²) in [6.45, 7) is 0. The van der Waals surface area contributed by atoms with Gasteiger partial charge in [0.05, 0.1) is 9.72 Å². The predicted octanol–water partition coefficient (Wildman–Crippen LogP) is 4.88. The van der Waals surface area contributed by atoms with Gasteiger partial charge in [0.2, 0.25) is 0 Å². The predicted molar refractivity (Wildman–Crippen MR) is 71.3 cm³/mol. The van der Waals surface area contributed by atoms with Crippen LogP contribution in [0.5, 0.6) is 0 Å². The smallest absolute Gasteiger partial charge is 0.0585 e. The molecule has 68 valence electrons. The van der Waals surface area contributed by atoms with Crippen LogP contribution >= 0.6 is 57.3 Å². The molecule has 0 saturated heterocycles. The van der Waals surface area contributed by atoms with Gasteiger partial charge in [-0.05, 0) is 41.0 Å². The van der Waals surface area contributed by atoms with Gasteiger partial charge in [0.15, 0.2) is 0 Å². The van der Waals surface area contributed by atoms with Gasteiger partial charge >= 0.3 is 0 Å². The molecule has 0 nitrogen and oxygen atoms in total. The molecule has 0 bridgehead atoms. The molecule has 13 heavy (non-hydrogen) atoms. The number of benzene rings is 1. The molecule has 0 spiro atoms. The minimum absolute atomic E-state index is 0.862. The zero-order chi connectivity index (χ0) is 9.42. The van der Waals surface area contributed by atoms with Crippen molar-refractivity contribution in [2.24, 2.45) is 0 Å². The highest BCUT2D eigenvalue weighted by molar-refractivity contribution is 14.1. The maximum absolute atomic E-state index is 6.10. The van der Waals surface area contributed by atoms with Crippen molar-refractivity contribution in [2.75, 3.05) is 6.26 Å². The van der Waals surface area contributed by atoms with Crippen LogP contribution in [0.4, 0.5) is 0 Å². The average molecular weight is 341 g/mol. The van der Waals surface area contributed by atoms with E-state index in [1.54, 1.807) is 23.1 Å². The van der Waals surface area contributed by atoms with Crippen molar-refractivity contribution >= 4 is 67.4 Å². The summed E-state index contributed by atoms with van der Waals surface area (Å²) >= 11 is 11.9. The quantitative estimate of drug-likeness (QED) is 0.526. The third-order valence-electron chi connectivity index (χ3n) is 1.81. The normalized spacial score (nSPS) is 11.0. The van der Waals surface area contributed by atoms with E-state index in [-0.39, 0.29) is 0 Å². The Balaban J connectivity index is 2.88. The fourth-order valence-corrected chi connectivity index (χ4v) is 4.36. The lowest BCUT2D eigenvalue weighted by molar-refractivity contribution is 1.56. The summed E-state index contributed by atoms with van der Waals surface area (Å²) in [7, 11) is 0. The summed E-state index contributed by atoms with van der Waals surface area (Å²) in [5.41, 5.74) is 0. The van der Waals surface area contributed by atoms with Crippen LogP contribution < -0.4 is 0 Å². The van der Waals surface area contributed by atoms with E-state index in [4.69, 9.17) is 11.6 Å². The molecule has 0 aliphatic carbocycles. The Kier molecular flexibility index (Phi) is 3.07. The second-order valence-corrected chi connectivity index (χ2v) is 5.83. The Morgan fingerprint density at radius 2 is 2.23 bits per heavy atom. The first-order valence-electron chi connectivity index (χ1n) is 3.63. The number of thiophene rings is 1. The molecule has 0 saturated carbocycles. The average Bonchev–Trinajstić information content (AvgIpc) is 2.51. The molecule has 0 N–H and O–H groups in total. The number of halogens is 2. The van der Waals surface area contributed by atoms with Crippen molar-refractivity contribution in [3.05, 3.63) is 26.1 Å². The Morgan fingerprint density at radius 3 is 2.92 bits per heavy atom. The molecule has 1 aromatic heterocycles. The van der Waals surface area contributed by atoms with Gasteiger partial charge in [0.25, 0.3) is 0 Å². The van der Waals surface area contributed by atoms with Gasteiger partial charge in [0.1, 0.15) is 0 Å². The molecule has 1 aromatic carbocycles. The molecule has 2 rings (SSSR count). The molecule has 0 amide bonds. The van der Waals surface area contributed by atoms with Crippen molar-refractivity contribution < 1.29 is 0 Å². The van der Waals surface area contributed by atoms with Crippen molar-refractivity contribution in [2.45, 2.75) is 4.90 Å². The Morgan fingerprint density at radius 1 is 1.46 bits per heavy atom. The third-order valence-corrected chi connectivity index (χ3v) is 5.30. The Labute approximate surface area is 104 Å². The Bertz CT molecular complexity index is 450. The fraction of sp³-hybridized carbons (Fsp3) is 0.111. The van der Waals surface area contributed by atoms with Gasteiger partial charge in [-0.2, -0.15) is 0 Å². The summed E-state index contributed by atoms with van der Waals surface area (Å²) in [5.74, 6) is 0. The van der Waals surface area contributed by atoms with Crippen LogP contribution in [0.25, 0.3) is 10.1 Å². The van der Waals surface area contributed by atoms with Gasteiger partial charge in [-0.25, -0.2) is 0 Å². The van der Waals surface area contributed by atoms with E-state index in [1.165, 1.54) is 18.6 Å². The molecule has 1 heterocycles. The lowest BCUT2D eigenvalue weighted by atomic mass is 10.3. The maximum Gasteiger partial charge on any atom is 0.0585 e. The zero-order valence-corrected chi connectivity index (χ0v) is 11.4. The summed E-state index contributed by atoms with van der Waals surface area (Å²) in [5, 5.41) is 4.32. The summed E-state index contributed by atoms with van der Waals surface area (Å²) in [4.78, 5) is 1.31. The van der Waals surface area contributed by atoms with Gasteiger partial charge in [-0.1, -0.05) is 11.6 Å². The second-order valence-electron chi connectivity index (χ2n) is 2.54. The van der Waals surface area contributed by atoms with E-state index in [1.807, 2.05) is 6.07 Å². The molecule has 0 unspecified atom stereocenters. The number of hydrogen-bond acceptors (Lipinski definition) is 2. The monoisotopic (exact) mass is 340 g/mol. The standard InChI is InChI=1S/C9H6ClIS2/c1-12-7-3-2-5(10)9-8(7)6(11)4-13-9/h2-4H,1H3. The van der Waals surface area contributed by atoms with Crippen LogP contribution in [-0.4, -0.2) is 6.26 Å². The molecule has 4 heteroatoms. The topological polar surface area (TPSA) is 0 Å². The van der Waals surface area contributed by atoms with Crippen LogP contribution in [0.3, 0.4) is 0 Å². The minimum Gasteiger partial charge on any atom is -0.141 e. The molecule has 0 radical (unpaired) electrons. The largest absolute Gasteiger partial charge is 0.141 e. The van der Waals surface area contributed by atoms with Gasteiger partial charge in [0, 0.05) is 19.2 Å². The molecule has 0 aliphatic rings. The first-order chi connectivity index (χ1) is 6.24. The van der Waals surface area contributed by atoms with Crippen molar-refractivity contribution in [1.82, 2.24) is 0 Å². The number of hydrogen-bond donors (Lipinski definition) is 0.